The van der Waals surface area contributed by atoms with Crippen molar-refractivity contribution in [3.05, 3.63) is 127 Å². The average Bonchev–Trinajstić information content (AvgIpc) is 3.47. The molecule has 0 radical (unpaired) electrons. The Morgan fingerprint density at radius 3 is 2.67 bits per heavy atom. The standard InChI is InChI=1S/C28H21ClN2O4S/c1-3-15-34-27(33)24-17(2)30-28-31(25(24)18-9-5-4-6-10-18)26(32)23(36-28)16-19-13-14-22(35-19)20-11-7-8-12-21(20)29/h3-14,16,25H,1,15H2,2H3/b23-16+/t25-/m1/s1. The van der Waals surface area contributed by atoms with Crippen LogP contribution in [-0.4, -0.2) is 17.1 Å². The van der Waals surface area contributed by atoms with E-state index in [4.69, 9.17) is 20.8 Å². The van der Waals surface area contributed by atoms with Gasteiger partial charge in [0.1, 0.15) is 18.1 Å². The molecule has 0 fully saturated rings. The lowest BCUT2D eigenvalue weighted by Crippen LogP contribution is -2.39. The molecule has 0 aliphatic carbocycles. The van der Waals surface area contributed by atoms with Gasteiger partial charge < -0.3 is 9.15 Å². The summed E-state index contributed by atoms with van der Waals surface area (Å²) in [7, 11) is 0. The fraction of sp³-hybridized carbons (Fsp3) is 0.107. The maximum atomic E-state index is 13.6. The Balaban J connectivity index is 1.63. The van der Waals surface area contributed by atoms with Gasteiger partial charge in [-0.25, -0.2) is 9.79 Å². The van der Waals surface area contributed by atoms with E-state index in [1.165, 1.54) is 17.4 Å². The second-order valence-electron chi connectivity index (χ2n) is 8.06. The molecule has 4 aromatic rings. The number of nitrogens with zero attached hydrogens (tertiary/aromatic N) is 2. The summed E-state index contributed by atoms with van der Waals surface area (Å²) in [5, 5.41) is 0.576. The monoisotopic (exact) mass is 516 g/mol. The molecule has 2 aromatic carbocycles. The van der Waals surface area contributed by atoms with Crippen LogP contribution >= 0.6 is 22.9 Å². The third-order valence-corrected chi connectivity index (χ3v) is 7.04. The molecule has 0 amide bonds. The van der Waals surface area contributed by atoms with E-state index in [9.17, 15) is 9.59 Å². The molecule has 0 spiro atoms. The van der Waals surface area contributed by atoms with Gasteiger partial charge >= 0.3 is 5.97 Å². The summed E-state index contributed by atoms with van der Waals surface area (Å²) >= 11 is 7.54. The number of allylic oxidation sites excluding steroid dienone is 1. The van der Waals surface area contributed by atoms with E-state index in [0.717, 1.165) is 11.1 Å². The number of carbonyl (C=O) groups is 1. The quantitative estimate of drug-likeness (QED) is 0.270. The number of esters is 1. The van der Waals surface area contributed by atoms with Crippen LogP contribution in [-0.2, 0) is 9.53 Å². The van der Waals surface area contributed by atoms with Gasteiger partial charge in [-0.15, -0.1) is 0 Å². The molecule has 6 nitrogen and oxygen atoms in total. The molecule has 8 heteroatoms. The molecule has 1 aliphatic rings. The largest absolute Gasteiger partial charge is 0.458 e. The van der Waals surface area contributed by atoms with Crippen molar-refractivity contribution in [2.24, 2.45) is 4.99 Å². The van der Waals surface area contributed by atoms with E-state index in [1.54, 1.807) is 29.7 Å². The van der Waals surface area contributed by atoms with Crippen LogP contribution in [0.4, 0.5) is 0 Å². The van der Waals surface area contributed by atoms with Crippen LogP contribution in [0.2, 0.25) is 5.02 Å². The van der Waals surface area contributed by atoms with Gasteiger partial charge in [-0.05, 0) is 36.8 Å². The van der Waals surface area contributed by atoms with Crippen molar-refractivity contribution in [2.45, 2.75) is 13.0 Å². The Hall–Kier alpha value is -3.94. The van der Waals surface area contributed by atoms with Gasteiger partial charge in [0.15, 0.2) is 4.80 Å². The number of hydrogen-bond donors (Lipinski definition) is 0. The molecule has 3 heterocycles. The fourth-order valence-corrected chi connectivity index (χ4v) is 5.37. The number of benzene rings is 2. The van der Waals surface area contributed by atoms with E-state index in [-0.39, 0.29) is 12.2 Å². The zero-order valence-corrected chi connectivity index (χ0v) is 20.9. The molecule has 2 aromatic heterocycles. The van der Waals surface area contributed by atoms with E-state index >= 15 is 0 Å². The predicted molar refractivity (Wildman–Crippen MR) is 141 cm³/mol. The van der Waals surface area contributed by atoms with Crippen LogP contribution in [0.3, 0.4) is 0 Å². The lowest BCUT2D eigenvalue weighted by Gasteiger charge is -2.24. The van der Waals surface area contributed by atoms with E-state index in [2.05, 4.69) is 11.6 Å². The highest BCUT2D eigenvalue weighted by atomic mass is 35.5. The molecule has 0 unspecified atom stereocenters. The number of aromatic nitrogens is 1. The predicted octanol–water partition coefficient (Wildman–Crippen LogP) is 4.88. The molecule has 1 aliphatic heterocycles. The molecular formula is C28H21ClN2O4S. The first-order chi connectivity index (χ1) is 17.5. The number of halogens is 1. The Labute approximate surface area is 215 Å². The molecule has 180 valence electrons. The van der Waals surface area contributed by atoms with Gasteiger partial charge in [-0.1, -0.05) is 78.1 Å². The minimum Gasteiger partial charge on any atom is -0.458 e. The summed E-state index contributed by atoms with van der Waals surface area (Å²) in [6, 6.07) is 19.7. The van der Waals surface area contributed by atoms with Crippen LogP contribution in [0.15, 0.2) is 105 Å². The zero-order chi connectivity index (χ0) is 25.2. The second kappa shape index (κ2) is 9.97. The van der Waals surface area contributed by atoms with Crippen molar-refractivity contribution >= 4 is 35.0 Å². The SMILES string of the molecule is C=CCOC(=O)C1=C(C)N=c2s/c(=C/c3ccc(-c4ccccc4Cl)o3)c(=O)n2[C@@H]1c1ccccc1. The normalized spacial score (nSPS) is 15.4. The summed E-state index contributed by atoms with van der Waals surface area (Å²) in [5.74, 6) is 0.576. The number of carbonyl (C=O) groups excluding carboxylic acids is 1. The number of fused-ring (bicyclic) bond motifs is 1. The first-order valence-electron chi connectivity index (χ1n) is 11.2. The Morgan fingerprint density at radius 2 is 1.92 bits per heavy atom. The molecule has 0 saturated heterocycles. The summed E-state index contributed by atoms with van der Waals surface area (Å²) in [4.78, 5) is 31.7. The van der Waals surface area contributed by atoms with Gasteiger partial charge in [0.2, 0.25) is 0 Å². The van der Waals surface area contributed by atoms with Gasteiger partial charge in [0.25, 0.3) is 5.56 Å². The second-order valence-corrected chi connectivity index (χ2v) is 9.48. The highest BCUT2D eigenvalue weighted by molar-refractivity contribution is 7.07. The van der Waals surface area contributed by atoms with Crippen molar-refractivity contribution in [1.82, 2.24) is 4.57 Å². The molecule has 0 N–H and O–H groups in total. The molecule has 36 heavy (non-hydrogen) atoms. The maximum absolute atomic E-state index is 13.6. The lowest BCUT2D eigenvalue weighted by molar-refractivity contribution is -0.138. The van der Waals surface area contributed by atoms with Crippen LogP contribution < -0.4 is 14.9 Å². The zero-order valence-electron chi connectivity index (χ0n) is 19.3. The number of ether oxygens (including phenoxy) is 1. The number of hydrogen-bond acceptors (Lipinski definition) is 6. The summed E-state index contributed by atoms with van der Waals surface area (Å²) in [6.07, 6.45) is 3.18. The lowest BCUT2D eigenvalue weighted by atomic mass is 9.96. The fourth-order valence-electron chi connectivity index (χ4n) is 4.11. The summed E-state index contributed by atoms with van der Waals surface area (Å²) in [6.45, 7) is 5.42. The van der Waals surface area contributed by atoms with Crippen molar-refractivity contribution in [3.8, 4) is 11.3 Å². The van der Waals surface area contributed by atoms with Gasteiger partial charge in [0, 0.05) is 11.6 Å². The maximum Gasteiger partial charge on any atom is 0.338 e. The van der Waals surface area contributed by atoms with Crippen molar-refractivity contribution < 1.29 is 13.9 Å². The van der Waals surface area contributed by atoms with Gasteiger partial charge in [-0.3, -0.25) is 9.36 Å². The average molecular weight is 517 g/mol. The van der Waals surface area contributed by atoms with Crippen molar-refractivity contribution in [2.75, 3.05) is 6.61 Å². The minimum absolute atomic E-state index is 0.0633. The summed E-state index contributed by atoms with van der Waals surface area (Å²) in [5.41, 5.74) is 2.10. The summed E-state index contributed by atoms with van der Waals surface area (Å²) < 4.78 is 13.3. The topological polar surface area (TPSA) is 73.8 Å². The number of furan rings is 1. The van der Waals surface area contributed by atoms with Crippen molar-refractivity contribution in [3.63, 3.8) is 0 Å². The Kier molecular flexibility index (Phi) is 6.59. The molecule has 0 bridgehead atoms. The smallest absolute Gasteiger partial charge is 0.338 e. The number of rotatable bonds is 6. The highest BCUT2D eigenvalue weighted by Crippen LogP contribution is 2.31. The molecule has 0 saturated carbocycles. The van der Waals surface area contributed by atoms with Crippen LogP contribution in [0.1, 0.15) is 24.3 Å². The third kappa shape index (κ3) is 4.39. The van der Waals surface area contributed by atoms with Crippen molar-refractivity contribution in [1.29, 1.82) is 0 Å². The molecular weight excluding hydrogens is 496 g/mol. The van der Waals surface area contributed by atoms with Gasteiger partial charge in [-0.2, -0.15) is 0 Å². The van der Waals surface area contributed by atoms with Crippen LogP contribution in [0.25, 0.3) is 17.4 Å². The Bertz CT molecular complexity index is 1680. The first kappa shape index (κ1) is 23.8. The first-order valence-corrected chi connectivity index (χ1v) is 12.4. The van der Waals surface area contributed by atoms with E-state index in [1.807, 2.05) is 54.6 Å². The molecule has 5 rings (SSSR count). The van der Waals surface area contributed by atoms with E-state index in [0.29, 0.717) is 37.1 Å². The van der Waals surface area contributed by atoms with Crippen LogP contribution in [0.5, 0.6) is 0 Å². The third-order valence-electron chi connectivity index (χ3n) is 5.73. The van der Waals surface area contributed by atoms with Gasteiger partial charge in [0.05, 0.1) is 26.9 Å². The Morgan fingerprint density at radius 1 is 1.17 bits per heavy atom. The number of thiazole rings is 1. The van der Waals surface area contributed by atoms with Crippen LogP contribution in [0, 0.1) is 0 Å². The molecule has 1 atom stereocenters. The minimum atomic E-state index is -0.669. The van der Waals surface area contributed by atoms with E-state index < -0.39 is 12.0 Å². The highest BCUT2D eigenvalue weighted by Gasteiger charge is 2.33.